The van der Waals surface area contributed by atoms with Crippen LogP contribution in [0.15, 0.2) is 30.3 Å². The minimum absolute atomic E-state index is 0.215. The van der Waals surface area contributed by atoms with Crippen molar-refractivity contribution in [3.63, 3.8) is 0 Å². The average molecular weight is 264 g/mol. The lowest BCUT2D eigenvalue weighted by molar-refractivity contribution is -0.0661. The normalized spacial score (nSPS) is 20.9. The van der Waals surface area contributed by atoms with E-state index >= 15 is 0 Å². The number of hydrogen-bond acceptors (Lipinski definition) is 4. The van der Waals surface area contributed by atoms with Crippen molar-refractivity contribution in [1.29, 1.82) is 0 Å². The van der Waals surface area contributed by atoms with Gasteiger partial charge in [0, 0.05) is 25.7 Å². The number of nitrogens with zero attached hydrogens (tertiary/aromatic N) is 1. The first kappa shape index (κ1) is 14.5. The van der Waals surface area contributed by atoms with E-state index in [1.54, 1.807) is 0 Å². The number of nitrogens with one attached hydrogen (secondary N) is 1. The smallest absolute Gasteiger partial charge is 0.0933 e. The molecular weight excluding hydrogens is 240 g/mol. The van der Waals surface area contributed by atoms with E-state index in [-0.39, 0.29) is 6.10 Å². The Morgan fingerprint density at radius 2 is 2.16 bits per heavy atom. The molecule has 1 atom stereocenters. The molecule has 2 rings (SSSR count). The summed E-state index contributed by atoms with van der Waals surface area (Å²) in [5.74, 6) is 0. The Balaban J connectivity index is 1.63. The van der Waals surface area contributed by atoms with Crippen molar-refractivity contribution in [2.75, 3.05) is 26.2 Å². The molecular formula is C15H24N2O2. The second-order valence-corrected chi connectivity index (χ2v) is 5.20. The molecule has 106 valence electrons. The Bertz CT molecular complexity index is 356. The topological polar surface area (TPSA) is 33.7 Å². The standard InChI is InChI=1S/C15H24N2O2/c1-13(2)17-8-9-18-15(11-17)10-16-19-12-14-6-4-3-5-7-14/h3-7,13,15-16H,8-12H2,1-2H3. The van der Waals surface area contributed by atoms with Gasteiger partial charge in [-0.05, 0) is 19.4 Å². The van der Waals surface area contributed by atoms with Crippen molar-refractivity contribution >= 4 is 0 Å². The molecule has 1 aliphatic rings. The maximum Gasteiger partial charge on any atom is 0.0933 e. The molecule has 0 radical (unpaired) electrons. The van der Waals surface area contributed by atoms with Crippen molar-refractivity contribution in [3.8, 4) is 0 Å². The van der Waals surface area contributed by atoms with Gasteiger partial charge >= 0.3 is 0 Å². The van der Waals surface area contributed by atoms with Crippen LogP contribution in [-0.2, 0) is 16.2 Å². The van der Waals surface area contributed by atoms with Gasteiger partial charge in [-0.1, -0.05) is 30.3 Å². The highest BCUT2D eigenvalue weighted by atomic mass is 16.6. The van der Waals surface area contributed by atoms with E-state index in [1.165, 1.54) is 5.56 Å². The van der Waals surface area contributed by atoms with Gasteiger partial charge < -0.3 is 4.74 Å². The Labute approximate surface area is 115 Å². The molecule has 1 aromatic carbocycles. The number of rotatable bonds is 6. The van der Waals surface area contributed by atoms with Gasteiger partial charge in [-0.3, -0.25) is 9.74 Å². The maximum atomic E-state index is 5.73. The molecule has 0 bridgehead atoms. The highest BCUT2D eigenvalue weighted by Crippen LogP contribution is 2.08. The second kappa shape index (κ2) is 7.60. The van der Waals surface area contributed by atoms with Crippen LogP contribution in [0.4, 0.5) is 0 Å². The zero-order valence-corrected chi connectivity index (χ0v) is 11.8. The molecule has 19 heavy (non-hydrogen) atoms. The van der Waals surface area contributed by atoms with Crippen LogP contribution in [0.25, 0.3) is 0 Å². The lowest BCUT2D eigenvalue weighted by Gasteiger charge is -2.35. The van der Waals surface area contributed by atoms with Gasteiger partial charge in [0.1, 0.15) is 0 Å². The van der Waals surface area contributed by atoms with Gasteiger partial charge in [0.05, 0.1) is 19.3 Å². The van der Waals surface area contributed by atoms with E-state index in [2.05, 4.69) is 36.4 Å². The molecule has 1 aromatic rings. The van der Waals surface area contributed by atoms with Crippen molar-refractivity contribution in [1.82, 2.24) is 10.4 Å². The highest BCUT2D eigenvalue weighted by Gasteiger charge is 2.21. The molecule has 1 saturated heterocycles. The van der Waals surface area contributed by atoms with Crippen LogP contribution < -0.4 is 5.48 Å². The quantitative estimate of drug-likeness (QED) is 0.628. The summed E-state index contributed by atoms with van der Waals surface area (Å²) in [6.07, 6.45) is 0.215. The molecule has 1 N–H and O–H groups in total. The SMILES string of the molecule is CC(C)N1CCOC(CNOCc2ccccc2)C1. The van der Waals surface area contributed by atoms with Crippen LogP contribution in [-0.4, -0.2) is 43.3 Å². The summed E-state index contributed by atoms with van der Waals surface area (Å²) in [6, 6.07) is 10.7. The van der Waals surface area contributed by atoms with E-state index < -0.39 is 0 Å². The first-order chi connectivity index (χ1) is 9.25. The number of hydroxylamine groups is 1. The van der Waals surface area contributed by atoms with Gasteiger partial charge in [-0.25, -0.2) is 0 Å². The molecule has 4 heteroatoms. The summed E-state index contributed by atoms with van der Waals surface area (Å²) in [4.78, 5) is 7.91. The van der Waals surface area contributed by atoms with Crippen LogP contribution >= 0.6 is 0 Å². The third-order valence-corrected chi connectivity index (χ3v) is 3.40. The monoisotopic (exact) mass is 264 g/mol. The van der Waals surface area contributed by atoms with E-state index in [1.807, 2.05) is 18.2 Å². The van der Waals surface area contributed by atoms with Crippen molar-refractivity contribution in [2.24, 2.45) is 0 Å². The summed E-state index contributed by atoms with van der Waals surface area (Å²) in [5.41, 5.74) is 4.18. The Hall–Kier alpha value is -0.940. The Morgan fingerprint density at radius 1 is 1.37 bits per heavy atom. The molecule has 0 saturated carbocycles. The molecule has 0 aromatic heterocycles. The predicted octanol–water partition coefficient (Wildman–Crippen LogP) is 1.82. The summed E-state index contributed by atoms with van der Waals surface area (Å²) in [7, 11) is 0. The van der Waals surface area contributed by atoms with Gasteiger partial charge in [0.15, 0.2) is 0 Å². The largest absolute Gasteiger partial charge is 0.374 e. The Morgan fingerprint density at radius 3 is 2.89 bits per heavy atom. The molecule has 1 heterocycles. The number of hydrogen-bond donors (Lipinski definition) is 1. The lowest BCUT2D eigenvalue weighted by Crippen LogP contribution is -2.49. The van der Waals surface area contributed by atoms with Crippen LogP contribution in [0.3, 0.4) is 0 Å². The molecule has 0 amide bonds. The zero-order chi connectivity index (χ0) is 13.5. The van der Waals surface area contributed by atoms with Crippen LogP contribution in [0.2, 0.25) is 0 Å². The lowest BCUT2D eigenvalue weighted by atomic mass is 10.2. The first-order valence-corrected chi connectivity index (χ1v) is 7.00. The minimum atomic E-state index is 0.215. The number of morpholine rings is 1. The second-order valence-electron chi connectivity index (χ2n) is 5.20. The number of benzene rings is 1. The van der Waals surface area contributed by atoms with Crippen molar-refractivity contribution in [3.05, 3.63) is 35.9 Å². The summed E-state index contributed by atoms with van der Waals surface area (Å²) in [5, 5.41) is 0. The van der Waals surface area contributed by atoms with Crippen LogP contribution in [0.1, 0.15) is 19.4 Å². The van der Waals surface area contributed by atoms with Gasteiger partial charge in [0.25, 0.3) is 0 Å². The fraction of sp³-hybridized carbons (Fsp3) is 0.600. The molecule has 1 aliphatic heterocycles. The maximum absolute atomic E-state index is 5.73. The first-order valence-electron chi connectivity index (χ1n) is 7.00. The van der Waals surface area contributed by atoms with E-state index in [0.717, 1.165) is 26.2 Å². The third kappa shape index (κ3) is 4.91. The molecule has 0 aliphatic carbocycles. The Kier molecular flexibility index (Phi) is 5.79. The number of ether oxygens (including phenoxy) is 1. The van der Waals surface area contributed by atoms with Gasteiger partial charge in [-0.2, -0.15) is 5.48 Å². The summed E-state index contributed by atoms with van der Waals surface area (Å²) >= 11 is 0. The van der Waals surface area contributed by atoms with Gasteiger partial charge in [-0.15, -0.1) is 0 Å². The summed E-state index contributed by atoms with van der Waals surface area (Å²) < 4.78 is 5.73. The van der Waals surface area contributed by atoms with E-state index in [9.17, 15) is 0 Å². The summed E-state index contributed by atoms with van der Waals surface area (Å²) in [6.45, 7) is 8.57. The molecule has 0 spiro atoms. The van der Waals surface area contributed by atoms with Crippen molar-refractivity contribution in [2.45, 2.75) is 32.6 Å². The minimum Gasteiger partial charge on any atom is -0.374 e. The van der Waals surface area contributed by atoms with Crippen LogP contribution in [0.5, 0.6) is 0 Å². The molecule has 1 unspecified atom stereocenters. The van der Waals surface area contributed by atoms with Crippen LogP contribution in [0, 0.1) is 0 Å². The predicted molar refractivity (Wildman–Crippen MR) is 75.7 cm³/mol. The third-order valence-electron chi connectivity index (χ3n) is 3.40. The molecule has 1 fully saturated rings. The fourth-order valence-electron chi connectivity index (χ4n) is 2.20. The van der Waals surface area contributed by atoms with Crippen molar-refractivity contribution < 1.29 is 9.57 Å². The fourth-order valence-corrected chi connectivity index (χ4v) is 2.20. The molecule has 4 nitrogen and oxygen atoms in total. The zero-order valence-electron chi connectivity index (χ0n) is 11.8. The van der Waals surface area contributed by atoms with E-state index in [4.69, 9.17) is 9.57 Å². The van der Waals surface area contributed by atoms with E-state index in [0.29, 0.717) is 12.6 Å². The van der Waals surface area contributed by atoms with Gasteiger partial charge in [0.2, 0.25) is 0 Å². The average Bonchev–Trinajstić information content (AvgIpc) is 2.45. The highest BCUT2D eigenvalue weighted by molar-refractivity contribution is 5.13.